The van der Waals surface area contributed by atoms with Crippen LogP contribution in [0.25, 0.3) is 10.9 Å². The van der Waals surface area contributed by atoms with E-state index in [9.17, 15) is 5.11 Å². The number of pyridine rings is 2. The second kappa shape index (κ2) is 5.57. The zero-order valence-electron chi connectivity index (χ0n) is 10.7. The monoisotopic (exact) mass is 284 g/mol. The predicted octanol–water partition coefficient (Wildman–Crippen LogP) is 3.56. The highest BCUT2D eigenvalue weighted by Crippen LogP contribution is 2.20. The maximum atomic E-state index is 10.2. The Balaban J connectivity index is 1.85. The minimum atomic E-state index is -0.635. The Morgan fingerprint density at radius 2 is 1.95 bits per heavy atom. The number of aromatic nitrogens is 2. The summed E-state index contributed by atoms with van der Waals surface area (Å²) in [6.07, 6.45) is 1.41. The summed E-state index contributed by atoms with van der Waals surface area (Å²) in [5.74, 6) is 0. The van der Waals surface area contributed by atoms with E-state index in [-0.39, 0.29) is 0 Å². The lowest BCUT2D eigenvalue weighted by Gasteiger charge is -2.11. The van der Waals surface area contributed by atoms with E-state index in [0.29, 0.717) is 11.6 Å². The van der Waals surface area contributed by atoms with Gasteiger partial charge in [0.1, 0.15) is 5.15 Å². The van der Waals surface area contributed by atoms with Crippen molar-refractivity contribution in [3.8, 4) is 0 Å². The molecule has 3 rings (SSSR count). The molecule has 0 radical (unpaired) electrons. The van der Waals surface area contributed by atoms with Crippen LogP contribution in [-0.4, -0.2) is 15.1 Å². The zero-order valence-corrected chi connectivity index (χ0v) is 11.5. The number of benzene rings is 1. The average Bonchev–Trinajstić information content (AvgIpc) is 2.47. The van der Waals surface area contributed by atoms with Gasteiger partial charge in [-0.1, -0.05) is 35.9 Å². The van der Waals surface area contributed by atoms with Gasteiger partial charge in [-0.05, 0) is 29.8 Å². The topological polar surface area (TPSA) is 46.0 Å². The van der Waals surface area contributed by atoms with Crippen LogP contribution >= 0.6 is 11.6 Å². The van der Waals surface area contributed by atoms with Crippen LogP contribution in [0.3, 0.4) is 0 Å². The first-order valence-electron chi connectivity index (χ1n) is 6.36. The molecule has 0 saturated heterocycles. The standard InChI is InChI=1S/C16H13ClN2O/c17-16-9-12(7-8-18-16)15(20)10-13-6-5-11-3-1-2-4-14(11)19-13/h1-9,15,20H,10H2. The summed E-state index contributed by atoms with van der Waals surface area (Å²) in [6.45, 7) is 0. The van der Waals surface area contributed by atoms with Gasteiger partial charge < -0.3 is 5.11 Å². The lowest BCUT2D eigenvalue weighted by atomic mass is 10.1. The molecule has 0 bridgehead atoms. The van der Waals surface area contributed by atoms with Crippen LogP contribution in [0.5, 0.6) is 0 Å². The number of halogens is 1. The Morgan fingerprint density at radius 1 is 1.10 bits per heavy atom. The molecule has 0 saturated carbocycles. The Bertz CT molecular complexity index is 745. The largest absolute Gasteiger partial charge is 0.388 e. The lowest BCUT2D eigenvalue weighted by molar-refractivity contribution is 0.177. The first kappa shape index (κ1) is 13.0. The van der Waals surface area contributed by atoms with E-state index < -0.39 is 6.10 Å². The molecule has 0 amide bonds. The van der Waals surface area contributed by atoms with Crippen molar-refractivity contribution >= 4 is 22.5 Å². The second-order valence-electron chi connectivity index (χ2n) is 4.63. The quantitative estimate of drug-likeness (QED) is 0.748. The van der Waals surface area contributed by atoms with Crippen molar-refractivity contribution in [3.05, 3.63) is 71.1 Å². The molecule has 4 heteroatoms. The van der Waals surface area contributed by atoms with Crippen molar-refractivity contribution in [2.24, 2.45) is 0 Å². The second-order valence-corrected chi connectivity index (χ2v) is 5.01. The highest BCUT2D eigenvalue weighted by Gasteiger charge is 2.10. The maximum absolute atomic E-state index is 10.2. The van der Waals surface area contributed by atoms with Crippen molar-refractivity contribution in [3.63, 3.8) is 0 Å². The molecule has 100 valence electrons. The van der Waals surface area contributed by atoms with Gasteiger partial charge in [0.15, 0.2) is 0 Å². The third-order valence-electron chi connectivity index (χ3n) is 3.19. The van der Waals surface area contributed by atoms with E-state index in [2.05, 4.69) is 9.97 Å². The van der Waals surface area contributed by atoms with Gasteiger partial charge in [-0.2, -0.15) is 0 Å². The molecule has 0 aliphatic rings. The summed E-state index contributed by atoms with van der Waals surface area (Å²) >= 11 is 5.83. The SMILES string of the molecule is OC(Cc1ccc2ccccc2n1)c1ccnc(Cl)c1. The van der Waals surface area contributed by atoms with Gasteiger partial charge in [0.25, 0.3) is 0 Å². The summed E-state index contributed by atoms with van der Waals surface area (Å²) in [5.41, 5.74) is 2.54. The number of hydrogen-bond acceptors (Lipinski definition) is 3. The van der Waals surface area contributed by atoms with E-state index in [1.54, 1.807) is 18.3 Å². The van der Waals surface area contributed by atoms with E-state index in [1.165, 1.54) is 0 Å². The fourth-order valence-electron chi connectivity index (χ4n) is 2.16. The Labute approximate surface area is 121 Å². The normalized spacial score (nSPS) is 12.5. The van der Waals surface area contributed by atoms with Gasteiger partial charge in [-0.3, -0.25) is 4.98 Å². The van der Waals surface area contributed by atoms with Gasteiger partial charge in [-0.15, -0.1) is 0 Å². The van der Waals surface area contributed by atoms with Crippen LogP contribution < -0.4 is 0 Å². The Hall–Kier alpha value is -1.97. The van der Waals surface area contributed by atoms with Crippen molar-refractivity contribution in [2.45, 2.75) is 12.5 Å². The van der Waals surface area contributed by atoms with Gasteiger partial charge in [0, 0.05) is 23.7 Å². The predicted molar refractivity (Wildman–Crippen MR) is 79.7 cm³/mol. The molecule has 1 atom stereocenters. The van der Waals surface area contributed by atoms with E-state index in [0.717, 1.165) is 22.2 Å². The highest BCUT2D eigenvalue weighted by atomic mass is 35.5. The fourth-order valence-corrected chi connectivity index (χ4v) is 2.34. The van der Waals surface area contributed by atoms with Crippen LogP contribution in [0.15, 0.2) is 54.7 Å². The third kappa shape index (κ3) is 2.79. The van der Waals surface area contributed by atoms with Crippen molar-refractivity contribution in [1.29, 1.82) is 0 Å². The van der Waals surface area contributed by atoms with E-state index in [1.807, 2.05) is 36.4 Å². The van der Waals surface area contributed by atoms with Crippen molar-refractivity contribution in [1.82, 2.24) is 9.97 Å². The van der Waals surface area contributed by atoms with Gasteiger partial charge in [0.05, 0.1) is 11.6 Å². The van der Waals surface area contributed by atoms with E-state index >= 15 is 0 Å². The van der Waals surface area contributed by atoms with E-state index in [4.69, 9.17) is 11.6 Å². The number of para-hydroxylation sites is 1. The Morgan fingerprint density at radius 3 is 2.80 bits per heavy atom. The van der Waals surface area contributed by atoms with Crippen LogP contribution in [0, 0.1) is 0 Å². The van der Waals surface area contributed by atoms with Gasteiger partial charge >= 0.3 is 0 Å². The first-order valence-corrected chi connectivity index (χ1v) is 6.74. The highest BCUT2D eigenvalue weighted by molar-refractivity contribution is 6.29. The summed E-state index contributed by atoms with van der Waals surface area (Å²) in [4.78, 5) is 8.46. The zero-order chi connectivity index (χ0) is 13.9. The minimum Gasteiger partial charge on any atom is -0.388 e. The molecule has 3 nitrogen and oxygen atoms in total. The number of nitrogens with zero attached hydrogens (tertiary/aromatic N) is 2. The molecule has 1 aromatic carbocycles. The molecule has 0 aliphatic heterocycles. The van der Waals surface area contributed by atoms with Crippen LogP contribution in [0.2, 0.25) is 5.15 Å². The van der Waals surface area contributed by atoms with Crippen molar-refractivity contribution < 1.29 is 5.11 Å². The third-order valence-corrected chi connectivity index (χ3v) is 3.40. The molecular formula is C16H13ClN2O. The molecule has 20 heavy (non-hydrogen) atoms. The number of aliphatic hydroxyl groups is 1. The molecule has 0 aliphatic carbocycles. The van der Waals surface area contributed by atoms with Crippen LogP contribution in [-0.2, 0) is 6.42 Å². The Kier molecular flexibility index (Phi) is 3.63. The molecule has 2 heterocycles. The molecule has 3 aromatic rings. The molecule has 1 N–H and O–H groups in total. The summed E-state index contributed by atoms with van der Waals surface area (Å²) in [7, 11) is 0. The van der Waals surface area contributed by atoms with Crippen molar-refractivity contribution in [2.75, 3.05) is 0 Å². The molecule has 2 aromatic heterocycles. The number of rotatable bonds is 3. The lowest BCUT2D eigenvalue weighted by Crippen LogP contribution is -2.03. The average molecular weight is 285 g/mol. The fraction of sp³-hybridized carbons (Fsp3) is 0.125. The maximum Gasteiger partial charge on any atom is 0.129 e. The van der Waals surface area contributed by atoms with Crippen LogP contribution in [0.1, 0.15) is 17.4 Å². The smallest absolute Gasteiger partial charge is 0.129 e. The van der Waals surface area contributed by atoms with Crippen LogP contribution in [0.4, 0.5) is 0 Å². The number of hydrogen-bond donors (Lipinski definition) is 1. The summed E-state index contributed by atoms with van der Waals surface area (Å²) in [5, 5.41) is 11.7. The molecule has 0 fully saturated rings. The van der Waals surface area contributed by atoms with Gasteiger partial charge in [0.2, 0.25) is 0 Å². The molecule has 1 unspecified atom stereocenters. The number of fused-ring (bicyclic) bond motifs is 1. The minimum absolute atomic E-state index is 0.382. The molecule has 0 spiro atoms. The molecular weight excluding hydrogens is 272 g/mol. The van der Waals surface area contributed by atoms with Gasteiger partial charge in [-0.25, -0.2) is 4.98 Å². The summed E-state index contributed by atoms with van der Waals surface area (Å²) < 4.78 is 0. The number of aliphatic hydroxyl groups excluding tert-OH is 1. The first-order chi connectivity index (χ1) is 9.72. The summed E-state index contributed by atoms with van der Waals surface area (Å²) in [6, 6.07) is 15.3.